The summed E-state index contributed by atoms with van der Waals surface area (Å²) in [5.41, 5.74) is 5.17. The van der Waals surface area contributed by atoms with Gasteiger partial charge in [0.15, 0.2) is 6.61 Å². The molecule has 3 aromatic rings. The van der Waals surface area contributed by atoms with E-state index in [2.05, 4.69) is 17.1 Å². The summed E-state index contributed by atoms with van der Waals surface area (Å²) in [5.74, 6) is -0.322. The number of aryl methyl sites for hydroxylation is 1. The number of carbonyl (C=O) groups is 2. The molecule has 2 heterocycles. The van der Waals surface area contributed by atoms with Gasteiger partial charge in [-0.3, -0.25) is 9.78 Å². The number of nitrogens with zero attached hydrogens (tertiary/aromatic N) is 2. The fraction of sp³-hybridized carbons (Fsp3) is 0.393. The molecule has 34 heavy (non-hydrogen) atoms. The molecular weight excluding hydrogens is 426 g/mol. The van der Waals surface area contributed by atoms with Crippen LogP contribution in [0.4, 0.5) is 11.4 Å². The molecule has 1 unspecified atom stereocenters. The van der Waals surface area contributed by atoms with Crippen LogP contribution < -0.4 is 10.2 Å². The van der Waals surface area contributed by atoms with Crippen LogP contribution in [0.15, 0.2) is 48.5 Å². The summed E-state index contributed by atoms with van der Waals surface area (Å²) in [4.78, 5) is 32.9. The summed E-state index contributed by atoms with van der Waals surface area (Å²) in [6.45, 7) is 4.02. The number of esters is 1. The van der Waals surface area contributed by atoms with E-state index < -0.39 is 5.97 Å². The predicted octanol–water partition coefficient (Wildman–Crippen LogP) is 5.15. The monoisotopic (exact) mass is 457 g/mol. The lowest BCUT2D eigenvalue weighted by Crippen LogP contribution is -2.29. The van der Waals surface area contributed by atoms with Crippen molar-refractivity contribution in [3.8, 4) is 0 Å². The SMILES string of the molecule is CC1CCc2nc3ccccc3c(C(=O)OCC(=O)Nc3ccc(N4CCCCC4)cc3)c2C1. The lowest BCUT2D eigenvalue weighted by Gasteiger charge is -2.28. The zero-order valence-corrected chi connectivity index (χ0v) is 19.7. The Hall–Kier alpha value is -3.41. The van der Waals surface area contributed by atoms with Gasteiger partial charge in [0.25, 0.3) is 5.91 Å². The van der Waals surface area contributed by atoms with E-state index in [0.717, 1.165) is 54.5 Å². The van der Waals surface area contributed by atoms with Crippen LogP contribution in [-0.2, 0) is 22.4 Å². The average molecular weight is 458 g/mol. The highest BCUT2D eigenvalue weighted by Gasteiger charge is 2.26. The van der Waals surface area contributed by atoms with Crippen molar-refractivity contribution in [3.63, 3.8) is 0 Å². The minimum Gasteiger partial charge on any atom is -0.452 e. The molecule has 1 N–H and O–H groups in total. The number of hydrogen-bond acceptors (Lipinski definition) is 5. The number of ether oxygens (including phenoxy) is 1. The van der Waals surface area contributed by atoms with Gasteiger partial charge < -0.3 is 15.0 Å². The van der Waals surface area contributed by atoms with Crippen LogP contribution >= 0.6 is 0 Å². The number of aromatic nitrogens is 1. The van der Waals surface area contributed by atoms with Gasteiger partial charge in [0.2, 0.25) is 0 Å². The highest BCUT2D eigenvalue weighted by molar-refractivity contribution is 6.06. The second-order valence-electron chi connectivity index (χ2n) is 9.50. The molecule has 5 rings (SSSR count). The molecule has 1 amide bonds. The van der Waals surface area contributed by atoms with Gasteiger partial charge >= 0.3 is 5.97 Å². The van der Waals surface area contributed by atoms with Gasteiger partial charge in [0.05, 0.1) is 11.1 Å². The number of carbonyl (C=O) groups excluding carboxylic acids is 2. The fourth-order valence-corrected chi connectivity index (χ4v) is 5.10. The molecule has 0 bridgehead atoms. The molecule has 1 aliphatic carbocycles. The van der Waals surface area contributed by atoms with Crippen molar-refractivity contribution in [3.05, 3.63) is 65.4 Å². The topological polar surface area (TPSA) is 71.5 Å². The first kappa shape index (κ1) is 22.4. The Kier molecular flexibility index (Phi) is 6.48. The molecular formula is C28H31N3O3. The fourth-order valence-electron chi connectivity index (χ4n) is 5.10. The van der Waals surface area contributed by atoms with Gasteiger partial charge in [0, 0.05) is 35.5 Å². The largest absolute Gasteiger partial charge is 0.452 e. The average Bonchev–Trinajstić information content (AvgIpc) is 2.87. The maximum atomic E-state index is 13.2. The summed E-state index contributed by atoms with van der Waals surface area (Å²) < 4.78 is 5.50. The Balaban J connectivity index is 1.26. The zero-order chi connectivity index (χ0) is 23.5. The molecule has 1 fully saturated rings. The van der Waals surface area contributed by atoms with E-state index in [9.17, 15) is 9.59 Å². The summed E-state index contributed by atoms with van der Waals surface area (Å²) in [5, 5.41) is 3.62. The zero-order valence-electron chi connectivity index (χ0n) is 19.7. The molecule has 1 atom stereocenters. The molecule has 6 nitrogen and oxygen atoms in total. The molecule has 1 aromatic heterocycles. The molecule has 176 valence electrons. The number of amides is 1. The van der Waals surface area contributed by atoms with E-state index >= 15 is 0 Å². The lowest BCUT2D eigenvalue weighted by molar-refractivity contribution is -0.119. The highest BCUT2D eigenvalue weighted by atomic mass is 16.5. The quantitative estimate of drug-likeness (QED) is 0.537. The van der Waals surface area contributed by atoms with Crippen molar-refractivity contribution in [1.82, 2.24) is 4.98 Å². The lowest BCUT2D eigenvalue weighted by atomic mass is 9.84. The summed E-state index contributed by atoms with van der Waals surface area (Å²) in [6.07, 6.45) is 6.45. The van der Waals surface area contributed by atoms with Gasteiger partial charge in [-0.05, 0) is 80.3 Å². The maximum Gasteiger partial charge on any atom is 0.339 e. The first-order valence-corrected chi connectivity index (χ1v) is 12.3. The highest BCUT2D eigenvalue weighted by Crippen LogP contribution is 2.32. The van der Waals surface area contributed by atoms with Crippen molar-refractivity contribution in [2.45, 2.75) is 45.4 Å². The minimum atomic E-state index is -0.459. The number of anilines is 2. The van der Waals surface area contributed by atoms with E-state index in [1.54, 1.807) is 0 Å². The van der Waals surface area contributed by atoms with Gasteiger partial charge in [-0.1, -0.05) is 25.1 Å². The van der Waals surface area contributed by atoms with Crippen LogP contribution in [0.5, 0.6) is 0 Å². The number of benzene rings is 2. The Bertz CT molecular complexity index is 1200. The van der Waals surface area contributed by atoms with E-state index in [0.29, 0.717) is 17.2 Å². The number of nitrogens with one attached hydrogen (secondary N) is 1. The molecule has 0 saturated carbocycles. The number of fused-ring (bicyclic) bond motifs is 2. The van der Waals surface area contributed by atoms with E-state index in [4.69, 9.17) is 9.72 Å². The summed E-state index contributed by atoms with van der Waals surface area (Å²) in [7, 11) is 0. The van der Waals surface area contributed by atoms with Gasteiger partial charge in [-0.15, -0.1) is 0 Å². The van der Waals surface area contributed by atoms with Gasteiger partial charge in [-0.25, -0.2) is 4.79 Å². The number of hydrogen-bond donors (Lipinski definition) is 1. The predicted molar refractivity (Wildman–Crippen MR) is 134 cm³/mol. The second kappa shape index (κ2) is 9.84. The van der Waals surface area contributed by atoms with Crippen molar-refractivity contribution in [1.29, 1.82) is 0 Å². The van der Waals surface area contributed by atoms with Crippen molar-refractivity contribution in [2.75, 3.05) is 29.9 Å². The number of rotatable bonds is 5. The van der Waals surface area contributed by atoms with Crippen LogP contribution in [0.25, 0.3) is 10.9 Å². The van der Waals surface area contributed by atoms with Crippen LogP contribution in [0.2, 0.25) is 0 Å². The first-order valence-electron chi connectivity index (χ1n) is 12.3. The smallest absolute Gasteiger partial charge is 0.339 e. The van der Waals surface area contributed by atoms with Gasteiger partial charge in [0.1, 0.15) is 0 Å². The maximum absolute atomic E-state index is 13.2. The number of para-hydroxylation sites is 1. The molecule has 6 heteroatoms. The molecule has 0 spiro atoms. The molecule has 1 aliphatic heterocycles. The van der Waals surface area contributed by atoms with Crippen molar-refractivity contribution >= 4 is 34.2 Å². The Morgan fingerprint density at radius 2 is 1.82 bits per heavy atom. The number of pyridine rings is 1. The third-order valence-electron chi connectivity index (χ3n) is 6.92. The third kappa shape index (κ3) is 4.76. The van der Waals surface area contributed by atoms with Crippen LogP contribution in [0.1, 0.15) is 54.2 Å². The van der Waals surface area contributed by atoms with E-state index in [1.165, 1.54) is 24.9 Å². The number of piperidine rings is 1. The Morgan fingerprint density at radius 3 is 2.62 bits per heavy atom. The van der Waals surface area contributed by atoms with E-state index in [-0.39, 0.29) is 12.5 Å². The molecule has 2 aromatic carbocycles. The minimum absolute atomic E-state index is 0.326. The molecule has 1 saturated heterocycles. The Labute approximate surface area is 200 Å². The van der Waals surface area contributed by atoms with Gasteiger partial charge in [-0.2, -0.15) is 0 Å². The third-order valence-corrected chi connectivity index (χ3v) is 6.92. The summed E-state index contributed by atoms with van der Waals surface area (Å²) in [6, 6.07) is 15.5. The standard InChI is InChI=1S/C28H31N3O3/c1-19-9-14-25-23(17-19)27(22-7-3-4-8-24(22)30-25)28(33)34-18-26(32)29-20-10-12-21(13-11-20)31-15-5-2-6-16-31/h3-4,7-8,10-13,19H,2,5-6,9,14-18H2,1H3,(H,29,32). The molecule has 0 radical (unpaired) electrons. The van der Waals surface area contributed by atoms with Crippen LogP contribution in [0, 0.1) is 5.92 Å². The first-order chi connectivity index (χ1) is 16.6. The second-order valence-corrected chi connectivity index (χ2v) is 9.50. The van der Waals surface area contributed by atoms with Crippen LogP contribution in [-0.4, -0.2) is 36.6 Å². The molecule has 2 aliphatic rings. The van der Waals surface area contributed by atoms with E-state index in [1.807, 2.05) is 48.5 Å². The Morgan fingerprint density at radius 1 is 1.06 bits per heavy atom. The van der Waals surface area contributed by atoms with Crippen LogP contribution in [0.3, 0.4) is 0 Å². The normalized spacial score (nSPS) is 17.8. The van der Waals surface area contributed by atoms with Crippen molar-refractivity contribution < 1.29 is 14.3 Å². The summed E-state index contributed by atoms with van der Waals surface area (Å²) >= 11 is 0. The van der Waals surface area contributed by atoms with Crippen molar-refractivity contribution in [2.24, 2.45) is 5.92 Å².